The smallest absolute Gasteiger partial charge is 0.303 e. The fourth-order valence-electron chi connectivity index (χ4n) is 2.20. The van der Waals surface area contributed by atoms with Crippen molar-refractivity contribution < 1.29 is 32.2 Å². The molecule has 0 saturated carbocycles. The zero-order chi connectivity index (χ0) is 20.7. The molecule has 0 unspecified atom stereocenters. The van der Waals surface area contributed by atoms with E-state index in [9.17, 15) is 22.4 Å². The molecular weight excluding hydrogens is 391 g/mol. The molecule has 10 heteroatoms. The van der Waals surface area contributed by atoms with Gasteiger partial charge in [0.05, 0.1) is 11.5 Å². The largest absolute Gasteiger partial charge is 0.493 e. The molecule has 0 aromatic heterocycles. The van der Waals surface area contributed by atoms with E-state index in [-0.39, 0.29) is 23.5 Å². The lowest BCUT2D eigenvalue weighted by Crippen LogP contribution is -2.41. The van der Waals surface area contributed by atoms with Crippen molar-refractivity contribution in [2.45, 2.75) is 24.7 Å². The SMILES string of the molecule is Cc1cc(S(=O)(=O)NNC(=O)c2ccc(F)cc2)ccc1OCCCC(=O)O. The van der Waals surface area contributed by atoms with Crippen molar-refractivity contribution in [3.63, 3.8) is 0 Å². The highest BCUT2D eigenvalue weighted by atomic mass is 32.2. The van der Waals surface area contributed by atoms with Crippen molar-refractivity contribution in [2.24, 2.45) is 0 Å². The summed E-state index contributed by atoms with van der Waals surface area (Å²) in [4.78, 5) is 24.3. The predicted molar refractivity (Wildman–Crippen MR) is 97.7 cm³/mol. The Hall–Kier alpha value is -2.98. The van der Waals surface area contributed by atoms with Crippen molar-refractivity contribution in [3.05, 3.63) is 59.4 Å². The highest BCUT2D eigenvalue weighted by molar-refractivity contribution is 7.89. The number of hydrazine groups is 1. The van der Waals surface area contributed by atoms with Crippen molar-refractivity contribution in [2.75, 3.05) is 6.61 Å². The first-order valence-electron chi connectivity index (χ1n) is 8.22. The molecule has 1 amide bonds. The Morgan fingerprint density at radius 3 is 2.43 bits per heavy atom. The second-order valence-corrected chi connectivity index (χ2v) is 7.52. The number of carbonyl (C=O) groups is 2. The zero-order valence-electron chi connectivity index (χ0n) is 14.9. The van der Waals surface area contributed by atoms with E-state index in [1.165, 1.54) is 30.3 Å². The van der Waals surface area contributed by atoms with Crippen molar-refractivity contribution in [1.82, 2.24) is 10.3 Å². The minimum Gasteiger partial charge on any atom is -0.493 e. The molecule has 0 radical (unpaired) electrons. The lowest BCUT2D eigenvalue weighted by molar-refractivity contribution is -0.137. The molecule has 0 saturated heterocycles. The third-order valence-corrected chi connectivity index (χ3v) is 4.90. The van der Waals surface area contributed by atoms with Gasteiger partial charge in [-0.3, -0.25) is 15.0 Å². The van der Waals surface area contributed by atoms with Gasteiger partial charge in [0.1, 0.15) is 11.6 Å². The van der Waals surface area contributed by atoms with E-state index in [2.05, 4.69) is 5.43 Å². The van der Waals surface area contributed by atoms with Gasteiger partial charge in [0, 0.05) is 12.0 Å². The summed E-state index contributed by atoms with van der Waals surface area (Å²) >= 11 is 0. The molecular formula is C18H19FN2O6S. The monoisotopic (exact) mass is 410 g/mol. The fraction of sp³-hybridized carbons (Fsp3) is 0.222. The molecule has 0 heterocycles. The quantitative estimate of drug-likeness (QED) is 0.429. The van der Waals surface area contributed by atoms with E-state index in [4.69, 9.17) is 9.84 Å². The first kappa shape index (κ1) is 21.3. The Balaban J connectivity index is 1.98. The van der Waals surface area contributed by atoms with Crippen LogP contribution in [0.25, 0.3) is 0 Å². The van der Waals surface area contributed by atoms with Crippen molar-refractivity contribution in [1.29, 1.82) is 0 Å². The molecule has 0 atom stereocenters. The number of hydrogen-bond donors (Lipinski definition) is 3. The normalized spacial score (nSPS) is 11.1. The van der Waals surface area contributed by atoms with Gasteiger partial charge in [0.15, 0.2) is 0 Å². The van der Waals surface area contributed by atoms with E-state index in [0.717, 1.165) is 12.1 Å². The summed E-state index contributed by atoms with van der Waals surface area (Å²) in [5.74, 6) is -1.74. The van der Waals surface area contributed by atoms with Crippen LogP contribution >= 0.6 is 0 Å². The average Bonchev–Trinajstić information content (AvgIpc) is 2.64. The Morgan fingerprint density at radius 1 is 1.14 bits per heavy atom. The first-order valence-corrected chi connectivity index (χ1v) is 9.70. The number of ether oxygens (including phenoxy) is 1. The van der Waals surface area contributed by atoms with Gasteiger partial charge in [-0.25, -0.2) is 12.8 Å². The molecule has 0 fully saturated rings. The summed E-state index contributed by atoms with van der Waals surface area (Å²) in [5, 5.41) is 8.59. The fourth-order valence-corrected chi connectivity index (χ4v) is 3.13. The van der Waals surface area contributed by atoms with Gasteiger partial charge in [-0.2, -0.15) is 0 Å². The van der Waals surface area contributed by atoms with Crippen LogP contribution in [0.4, 0.5) is 4.39 Å². The van der Waals surface area contributed by atoms with Gasteiger partial charge in [0.25, 0.3) is 15.9 Å². The number of benzene rings is 2. The van der Waals surface area contributed by atoms with Gasteiger partial charge in [-0.05, 0) is 61.4 Å². The third kappa shape index (κ3) is 6.03. The second-order valence-electron chi connectivity index (χ2n) is 5.84. The number of carboxylic acid groups (broad SMARTS) is 1. The standard InChI is InChI=1S/C18H19FN2O6S/c1-12-11-15(8-9-16(12)27-10-2-3-17(22)23)28(25,26)21-20-18(24)13-4-6-14(19)7-5-13/h4-9,11,21H,2-3,10H2,1H3,(H,20,24)(H,22,23). The first-order chi connectivity index (χ1) is 13.2. The van der Waals surface area contributed by atoms with E-state index in [1.54, 1.807) is 6.92 Å². The predicted octanol–water partition coefficient (Wildman–Crippen LogP) is 2.00. The van der Waals surface area contributed by atoms with Gasteiger partial charge in [-0.15, -0.1) is 4.83 Å². The number of nitrogens with one attached hydrogen (secondary N) is 2. The number of halogens is 1. The number of carbonyl (C=O) groups excluding carboxylic acids is 1. The van der Waals surface area contributed by atoms with Crippen LogP contribution < -0.4 is 15.0 Å². The molecule has 2 rings (SSSR count). The van der Waals surface area contributed by atoms with Gasteiger partial charge >= 0.3 is 5.97 Å². The summed E-state index contributed by atoms with van der Waals surface area (Å²) in [6, 6.07) is 8.72. The molecule has 0 spiro atoms. The molecule has 0 aliphatic heterocycles. The molecule has 150 valence electrons. The maximum absolute atomic E-state index is 12.9. The van der Waals surface area contributed by atoms with Crippen LogP contribution in [-0.2, 0) is 14.8 Å². The summed E-state index contributed by atoms with van der Waals surface area (Å²) in [6.07, 6.45) is 0.301. The second kappa shape index (κ2) is 9.29. The number of hydrogen-bond acceptors (Lipinski definition) is 5. The van der Waals surface area contributed by atoms with Crippen LogP contribution in [0.2, 0.25) is 0 Å². The van der Waals surface area contributed by atoms with Gasteiger partial charge in [-0.1, -0.05) is 0 Å². The number of amides is 1. The minimum absolute atomic E-state index is 0.0246. The Labute approximate surface area is 161 Å². The van der Waals surface area contributed by atoms with Crippen molar-refractivity contribution in [3.8, 4) is 5.75 Å². The van der Waals surface area contributed by atoms with Crippen LogP contribution in [0.3, 0.4) is 0 Å². The summed E-state index contributed by atoms with van der Waals surface area (Å²) in [7, 11) is -4.04. The molecule has 2 aromatic carbocycles. The maximum Gasteiger partial charge on any atom is 0.303 e. The van der Waals surface area contributed by atoms with Crippen LogP contribution in [0.15, 0.2) is 47.4 Å². The number of aliphatic carboxylic acids is 1. The lowest BCUT2D eigenvalue weighted by atomic mass is 10.2. The van der Waals surface area contributed by atoms with Gasteiger partial charge < -0.3 is 9.84 Å². The molecule has 0 aliphatic carbocycles. The summed E-state index contributed by atoms with van der Waals surface area (Å²) < 4.78 is 43.0. The van der Waals surface area contributed by atoms with E-state index >= 15 is 0 Å². The highest BCUT2D eigenvalue weighted by Crippen LogP contribution is 2.22. The molecule has 2 aromatic rings. The molecule has 28 heavy (non-hydrogen) atoms. The van der Waals surface area contributed by atoms with Crippen LogP contribution in [0.1, 0.15) is 28.8 Å². The lowest BCUT2D eigenvalue weighted by Gasteiger charge is -2.12. The Kier molecular flexibility index (Phi) is 7.07. The summed E-state index contributed by atoms with van der Waals surface area (Å²) in [6.45, 7) is 1.83. The van der Waals surface area contributed by atoms with E-state index in [1.807, 2.05) is 4.83 Å². The topological polar surface area (TPSA) is 122 Å². The number of carboxylic acids is 1. The van der Waals surface area contributed by atoms with Crippen LogP contribution in [0, 0.1) is 12.7 Å². The maximum atomic E-state index is 12.9. The number of rotatable bonds is 9. The Morgan fingerprint density at radius 2 is 1.82 bits per heavy atom. The average molecular weight is 410 g/mol. The van der Waals surface area contributed by atoms with E-state index < -0.39 is 27.7 Å². The number of aryl methyl sites for hydroxylation is 1. The van der Waals surface area contributed by atoms with Gasteiger partial charge in [0.2, 0.25) is 0 Å². The van der Waals surface area contributed by atoms with E-state index in [0.29, 0.717) is 17.7 Å². The molecule has 0 bridgehead atoms. The molecule has 8 nitrogen and oxygen atoms in total. The number of sulfonamides is 1. The molecule has 3 N–H and O–H groups in total. The zero-order valence-corrected chi connectivity index (χ0v) is 15.8. The third-order valence-electron chi connectivity index (χ3n) is 3.65. The minimum atomic E-state index is -4.04. The highest BCUT2D eigenvalue weighted by Gasteiger charge is 2.17. The summed E-state index contributed by atoms with van der Waals surface area (Å²) in [5.41, 5.74) is 2.68. The van der Waals surface area contributed by atoms with Crippen molar-refractivity contribution >= 4 is 21.9 Å². The van der Waals surface area contributed by atoms with Crippen LogP contribution in [0.5, 0.6) is 5.75 Å². The van der Waals surface area contributed by atoms with Crippen LogP contribution in [-0.4, -0.2) is 32.0 Å². The Bertz CT molecular complexity index is 961. The molecule has 0 aliphatic rings.